The molecule has 0 aromatic carbocycles. The van der Waals surface area contributed by atoms with Crippen molar-refractivity contribution in [3.8, 4) is 0 Å². The van der Waals surface area contributed by atoms with Crippen LogP contribution in [0.3, 0.4) is 0 Å². The van der Waals surface area contributed by atoms with E-state index in [1.165, 1.54) is 19.3 Å². The second-order valence-corrected chi connectivity index (χ2v) is 17.3. The molecule has 0 aromatic heterocycles. The highest BCUT2D eigenvalue weighted by atomic mass is 31.2. The number of ether oxygens (including phenoxy) is 2. The maximum absolute atomic E-state index is 12.7. The Kier molecular flexibility index (Phi) is 38.4. The van der Waals surface area contributed by atoms with Gasteiger partial charge < -0.3 is 24.0 Å². The van der Waals surface area contributed by atoms with E-state index < -0.39 is 38.6 Å². The first kappa shape index (κ1) is 57.6. The van der Waals surface area contributed by atoms with E-state index in [-0.39, 0.29) is 26.1 Å². The summed E-state index contributed by atoms with van der Waals surface area (Å²) in [7, 11) is 1.37. The first-order valence-electron chi connectivity index (χ1n) is 22.7. The number of carbonyl (C=O) groups is 2. The smallest absolute Gasteiger partial charge is 0.462 e. The van der Waals surface area contributed by atoms with E-state index in [2.05, 4.69) is 80.7 Å². The van der Waals surface area contributed by atoms with Gasteiger partial charge in [0.1, 0.15) is 19.8 Å². The van der Waals surface area contributed by atoms with Gasteiger partial charge in [-0.3, -0.25) is 18.6 Å². The zero-order chi connectivity index (χ0) is 45.1. The Balaban J connectivity index is 4.59. The number of nitrogens with zero attached hydrogens (tertiary/aromatic N) is 1. The average Bonchev–Trinajstić information content (AvgIpc) is 3.21. The largest absolute Gasteiger partial charge is 0.472 e. The van der Waals surface area contributed by atoms with E-state index in [1.54, 1.807) is 6.08 Å². The summed E-state index contributed by atoms with van der Waals surface area (Å²) in [6, 6.07) is 0. The van der Waals surface area contributed by atoms with E-state index in [4.69, 9.17) is 18.5 Å². The summed E-state index contributed by atoms with van der Waals surface area (Å²) in [6.07, 6.45) is 51.7. The molecule has 10 nitrogen and oxygen atoms in total. The van der Waals surface area contributed by atoms with Gasteiger partial charge in [-0.25, -0.2) is 4.57 Å². The van der Waals surface area contributed by atoms with Crippen LogP contribution in [-0.4, -0.2) is 86.1 Å². The highest BCUT2D eigenvalue weighted by molar-refractivity contribution is 7.47. The van der Waals surface area contributed by atoms with Gasteiger partial charge in [-0.2, -0.15) is 0 Å². The second-order valence-electron chi connectivity index (χ2n) is 15.9. The average molecular weight is 873 g/mol. The number of esters is 2. The number of rotatable bonds is 39. The molecule has 11 heteroatoms. The number of hydrogen-bond acceptors (Lipinski definition) is 8. The number of aliphatic hydroxyl groups is 1. The maximum atomic E-state index is 12.7. The molecule has 0 aliphatic carbocycles. The third-order valence-corrected chi connectivity index (χ3v) is 9.85. The van der Waals surface area contributed by atoms with E-state index in [1.807, 2.05) is 57.6 Å². The molecule has 0 bridgehead atoms. The third kappa shape index (κ3) is 44.5. The number of phosphoric ester groups is 1. The summed E-state index contributed by atoms with van der Waals surface area (Å²) < 4.78 is 34.2. The standard InChI is InChI=1S/C50H82NO9P/c1-6-8-10-12-14-15-16-17-18-19-20-21-22-23-24-25-30-34-38-42-50(54)60-48(46-59-61(55,56)58-44-43-51(3,4)5)45-57-49(53)41-37-33-29-27-26-28-32-36-40-47(52)39-35-31-13-11-9-7-2/h8,10,14-15,17-18,20-21,23-24,27-29,31-32,35-36,40,47-48,52H,6-7,9,11-13,16,19,22,25-26,30,33-34,37-39,41-46H2,1-5H3/p+1/b10-8-,15-14-,18-17-,21-20-,24-23-,29-27-,32-28-,35-31-,40-36+/t47-,48-/m1/s1. The molecule has 0 aliphatic rings. The van der Waals surface area contributed by atoms with Crippen molar-refractivity contribution >= 4 is 19.8 Å². The van der Waals surface area contributed by atoms with Gasteiger partial charge in [0.25, 0.3) is 0 Å². The van der Waals surface area contributed by atoms with Crippen molar-refractivity contribution in [1.82, 2.24) is 0 Å². The SMILES string of the molecule is CC/C=C\C/C=C\C/C=C\C/C=C\C/C=C\CCCCCC(=O)O[C@H](COC(=O)CCC/C=C\C/C=C\C=C\[C@H](O)C/C=C\CCCCC)COP(=O)(O)OCC[N+](C)(C)C. The molecule has 0 aliphatic heterocycles. The van der Waals surface area contributed by atoms with Crippen LogP contribution in [0, 0.1) is 0 Å². The van der Waals surface area contributed by atoms with Crippen LogP contribution < -0.4 is 0 Å². The Morgan fingerprint density at radius 3 is 1.75 bits per heavy atom. The van der Waals surface area contributed by atoms with Crippen molar-refractivity contribution in [2.75, 3.05) is 47.5 Å². The number of carbonyl (C=O) groups excluding carboxylic acids is 2. The van der Waals surface area contributed by atoms with Crippen LogP contribution in [0.1, 0.15) is 136 Å². The number of allylic oxidation sites excluding steroid dienone is 16. The van der Waals surface area contributed by atoms with Gasteiger partial charge in [0.2, 0.25) is 0 Å². The van der Waals surface area contributed by atoms with Crippen LogP contribution in [0.25, 0.3) is 0 Å². The number of hydrogen-bond donors (Lipinski definition) is 2. The summed E-state index contributed by atoms with van der Waals surface area (Å²) in [4.78, 5) is 35.4. The van der Waals surface area contributed by atoms with Crippen molar-refractivity contribution in [2.24, 2.45) is 0 Å². The van der Waals surface area contributed by atoms with Gasteiger partial charge in [0.15, 0.2) is 6.10 Å². The fourth-order valence-electron chi connectivity index (χ4n) is 5.29. The van der Waals surface area contributed by atoms with Gasteiger partial charge in [-0.15, -0.1) is 0 Å². The zero-order valence-electron chi connectivity index (χ0n) is 38.5. The molecule has 0 saturated heterocycles. The number of likely N-dealkylation sites (N-methyl/N-ethyl adjacent to an activating group) is 1. The first-order chi connectivity index (χ1) is 29.4. The van der Waals surface area contributed by atoms with Gasteiger partial charge in [-0.1, -0.05) is 142 Å². The predicted octanol–water partition coefficient (Wildman–Crippen LogP) is 12.1. The Bertz CT molecular complexity index is 1420. The summed E-state index contributed by atoms with van der Waals surface area (Å²) in [5, 5.41) is 10.0. The van der Waals surface area contributed by atoms with Crippen molar-refractivity contribution < 1.29 is 47.2 Å². The predicted molar refractivity (Wildman–Crippen MR) is 253 cm³/mol. The maximum Gasteiger partial charge on any atom is 0.472 e. The Labute approximate surface area is 370 Å². The van der Waals surface area contributed by atoms with Gasteiger partial charge >= 0.3 is 19.8 Å². The Morgan fingerprint density at radius 1 is 0.607 bits per heavy atom. The number of phosphoric acid groups is 1. The normalized spacial score (nSPS) is 15.1. The van der Waals surface area contributed by atoms with E-state index >= 15 is 0 Å². The minimum atomic E-state index is -4.42. The lowest BCUT2D eigenvalue weighted by atomic mass is 10.1. The molecule has 0 heterocycles. The van der Waals surface area contributed by atoms with Crippen LogP contribution in [-0.2, 0) is 32.7 Å². The molecule has 0 rings (SSSR count). The molecular weight excluding hydrogens is 790 g/mol. The van der Waals surface area contributed by atoms with Gasteiger partial charge in [0.05, 0.1) is 33.9 Å². The minimum Gasteiger partial charge on any atom is -0.462 e. The Hall–Kier alpha value is -3.37. The quantitative estimate of drug-likeness (QED) is 0.0155. The van der Waals surface area contributed by atoms with Gasteiger partial charge in [0, 0.05) is 12.8 Å². The summed E-state index contributed by atoms with van der Waals surface area (Å²) >= 11 is 0. The highest BCUT2D eigenvalue weighted by Gasteiger charge is 2.27. The fraction of sp³-hybridized carbons (Fsp3) is 0.600. The molecule has 0 fully saturated rings. The van der Waals surface area contributed by atoms with Crippen LogP contribution in [0.5, 0.6) is 0 Å². The Morgan fingerprint density at radius 2 is 1.15 bits per heavy atom. The van der Waals surface area contributed by atoms with E-state index in [9.17, 15) is 24.2 Å². The molecule has 0 spiro atoms. The number of aliphatic hydroxyl groups excluding tert-OH is 1. The minimum absolute atomic E-state index is 0.000377. The molecule has 61 heavy (non-hydrogen) atoms. The van der Waals surface area contributed by atoms with E-state index in [0.29, 0.717) is 36.7 Å². The summed E-state index contributed by atoms with van der Waals surface area (Å²) in [6.45, 7) is 4.05. The van der Waals surface area contributed by atoms with Crippen molar-refractivity contribution in [1.29, 1.82) is 0 Å². The number of unbranched alkanes of at least 4 members (excludes halogenated alkanes) is 7. The molecule has 0 aromatic rings. The molecule has 1 unspecified atom stereocenters. The molecule has 0 saturated carbocycles. The van der Waals surface area contributed by atoms with Crippen LogP contribution in [0.15, 0.2) is 109 Å². The first-order valence-corrected chi connectivity index (χ1v) is 24.2. The van der Waals surface area contributed by atoms with Crippen molar-refractivity contribution in [2.45, 2.75) is 148 Å². The topological polar surface area (TPSA) is 129 Å². The lowest BCUT2D eigenvalue weighted by Gasteiger charge is -2.24. The molecular formula is C50H83NO9P+. The second kappa shape index (κ2) is 40.7. The zero-order valence-corrected chi connectivity index (χ0v) is 39.4. The fourth-order valence-corrected chi connectivity index (χ4v) is 6.03. The third-order valence-electron chi connectivity index (χ3n) is 8.87. The lowest BCUT2D eigenvalue weighted by molar-refractivity contribution is -0.870. The number of quaternary nitrogens is 1. The molecule has 3 atom stereocenters. The monoisotopic (exact) mass is 873 g/mol. The van der Waals surface area contributed by atoms with Crippen LogP contribution in [0.4, 0.5) is 0 Å². The van der Waals surface area contributed by atoms with Crippen LogP contribution >= 0.6 is 7.82 Å². The molecule has 0 radical (unpaired) electrons. The van der Waals surface area contributed by atoms with Crippen molar-refractivity contribution in [3.05, 3.63) is 109 Å². The molecule has 346 valence electrons. The summed E-state index contributed by atoms with van der Waals surface area (Å²) in [5.74, 6) is -0.954. The summed E-state index contributed by atoms with van der Waals surface area (Å²) in [5.41, 5.74) is 0. The van der Waals surface area contributed by atoms with Gasteiger partial charge in [-0.05, 0) is 89.9 Å². The van der Waals surface area contributed by atoms with Crippen LogP contribution in [0.2, 0.25) is 0 Å². The van der Waals surface area contributed by atoms with E-state index in [0.717, 1.165) is 64.2 Å². The highest BCUT2D eigenvalue weighted by Crippen LogP contribution is 2.43. The molecule has 2 N–H and O–H groups in total. The van der Waals surface area contributed by atoms with Crippen molar-refractivity contribution in [3.63, 3.8) is 0 Å². The molecule has 0 amide bonds. The lowest BCUT2D eigenvalue weighted by Crippen LogP contribution is -2.37.